The number of hydrogen-bond acceptors (Lipinski definition) is 3. The smallest absolute Gasteiger partial charge is 0.0730 e. The van der Waals surface area contributed by atoms with Crippen molar-refractivity contribution in [3.05, 3.63) is 16.4 Å². The van der Waals surface area contributed by atoms with E-state index in [0.717, 1.165) is 17.6 Å². The number of halogens is 1. The van der Waals surface area contributed by atoms with E-state index in [1.807, 2.05) is 6.20 Å². The average Bonchev–Trinajstić information content (AvgIpc) is 2.94. The third-order valence-corrected chi connectivity index (χ3v) is 4.48. The lowest BCUT2D eigenvalue weighted by molar-refractivity contribution is 0.175. The van der Waals surface area contributed by atoms with Crippen LogP contribution in [0.4, 0.5) is 0 Å². The summed E-state index contributed by atoms with van der Waals surface area (Å²) in [4.78, 5) is 0. The van der Waals surface area contributed by atoms with Gasteiger partial charge in [0.05, 0.1) is 35.1 Å². The van der Waals surface area contributed by atoms with Crippen LogP contribution in [0, 0.1) is 5.92 Å². The van der Waals surface area contributed by atoms with Gasteiger partial charge in [-0.25, -0.2) is 0 Å². The highest BCUT2D eigenvalue weighted by Gasteiger charge is 2.42. The maximum absolute atomic E-state index is 5.17. The molecule has 0 spiro atoms. The van der Waals surface area contributed by atoms with Gasteiger partial charge in [0.1, 0.15) is 0 Å². The molecule has 1 aromatic heterocycles. The lowest BCUT2D eigenvalue weighted by Gasteiger charge is -2.35. The normalized spacial score (nSPS) is 24.1. The molecule has 0 saturated carbocycles. The molecule has 4 nitrogen and oxygen atoms in total. The van der Waals surface area contributed by atoms with E-state index >= 15 is 0 Å². The summed E-state index contributed by atoms with van der Waals surface area (Å²) >= 11 is 3.66. The van der Waals surface area contributed by atoms with Gasteiger partial charge in [0.15, 0.2) is 0 Å². The van der Waals surface area contributed by atoms with Crippen LogP contribution >= 0.6 is 15.9 Å². The van der Waals surface area contributed by atoms with Crippen molar-refractivity contribution in [2.45, 2.75) is 38.8 Å². The molecule has 1 aromatic rings. The van der Waals surface area contributed by atoms with Crippen molar-refractivity contribution < 1.29 is 4.74 Å². The SMILES string of the molecule is COCCn1ncc(Br)c1C1(C(C)C)CCCN1. The minimum atomic E-state index is 0.0447. The lowest BCUT2D eigenvalue weighted by Crippen LogP contribution is -2.44. The van der Waals surface area contributed by atoms with E-state index in [4.69, 9.17) is 4.74 Å². The summed E-state index contributed by atoms with van der Waals surface area (Å²) in [7, 11) is 1.73. The molecule has 0 amide bonds. The summed E-state index contributed by atoms with van der Waals surface area (Å²) in [5.41, 5.74) is 1.32. The molecule has 18 heavy (non-hydrogen) atoms. The Bertz CT molecular complexity index is 397. The number of ether oxygens (including phenoxy) is 1. The van der Waals surface area contributed by atoms with E-state index in [9.17, 15) is 0 Å². The average molecular weight is 316 g/mol. The van der Waals surface area contributed by atoms with E-state index in [-0.39, 0.29) is 5.54 Å². The Kier molecular flexibility index (Phi) is 4.45. The molecule has 1 saturated heterocycles. The van der Waals surface area contributed by atoms with Gasteiger partial charge in [-0.2, -0.15) is 5.10 Å². The van der Waals surface area contributed by atoms with E-state index < -0.39 is 0 Å². The molecular formula is C13H22BrN3O. The second-order valence-electron chi connectivity index (χ2n) is 5.21. The zero-order valence-electron chi connectivity index (χ0n) is 11.4. The van der Waals surface area contributed by atoms with Gasteiger partial charge in [-0.15, -0.1) is 0 Å². The molecule has 0 bridgehead atoms. The fraction of sp³-hybridized carbons (Fsp3) is 0.769. The third-order valence-electron chi connectivity index (χ3n) is 3.90. The van der Waals surface area contributed by atoms with Crippen LogP contribution in [0.3, 0.4) is 0 Å². The molecule has 1 atom stereocenters. The van der Waals surface area contributed by atoms with Crippen LogP contribution in [0.2, 0.25) is 0 Å². The molecule has 5 heteroatoms. The Morgan fingerprint density at radius 1 is 1.61 bits per heavy atom. The third kappa shape index (κ3) is 2.36. The highest BCUT2D eigenvalue weighted by molar-refractivity contribution is 9.10. The van der Waals surface area contributed by atoms with Gasteiger partial charge in [-0.05, 0) is 41.2 Å². The van der Waals surface area contributed by atoms with Crippen molar-refractivity contribution in [3.8, 4) is 0 Å². The highest BCUT2D eigenvalue weighted by Crippen LogP contribution is 2.40. The molecule has 2 heterocycles. The van der Waals surface area contributed by atoms with Gasteiger partial charge < -0.3 is 10.1 Å². The second kappa shape index (κ2) is 5.72. The van der Waals surface area contributed by atoms with Crippen molar-refractivity contribution in [1.29, 1.82) is 0 Å². The van der Waals surface area contributed by atoms with Crippen LogP contribution in [-0.4, -0.2) is 30.0 Å². The fourth-order valence-electron chi connectivity index (χ4n) is 2.89. The monoisotopic (exact) mass is 315 g/mol. The quantitative estimate of drug-likeness (QED) is 0.907. The zero-order chi connectivity index (χ0) is 13.2. The largest absolute Gasteiger partial charge is 0.383 e. The minimum Gasteiger partial charge on any atom is -0.383 e. The van der Waals surface area contributed by atoms with Crippen LogP contribution in [0.5, 0.6) is 0 Å². The van der Waals surface area contributed by atoms with Crippen LogP contribution in [0.25, 0.3) is 0 Å². The summed E-state index contributed by atoms with van der Waals surface area (Å²) in [5.74, 6) is 0.536. The first-order chi connectivity index (χ1) is 8.62. The first kappa shape index (κ1) is 14.0. The predicted molar refractivity (Wildman–Crippen MR) is 75.6 cm³/mol. The Hall–Kier alpha value is -0.390. The first-order valence-electron chi connectivity index (χ1n) is 6.57. The molecule has 2 rings (SSSR count). The molecule has 1 aliphatic heterocycles. The highest BCUT2D eigenvalue weighted by atomic mass is 79.9. The van der Waals surface area contributed by atoms with Gasteiger partial charge in [0.25, 0.3) is 0 Å². The summed E-state index contributed by atoms with van der Waals surface area (Å²) in [6.07, 6.45) is 4.29. The summed E-state index contributed by atoms with van der Waals surface area (Å²) in [6.45, 7) is 7.12. The van der Waals surface area contributed by atoms with Crippen LogP contribution < -0.4 is 5.32 Å². The van der Waals surface area contributed by atoms with Gasteiger partial charge in [-0.3, -0.25) is 4.68 Å². The summed E-state index contributed by atoms with van der Waals surface area (Å²) in [6, 6.07) is 0. The predicted octanol–water partition coefficient (Wildman–Crippen LogP) is 2.53. The first-order valence-corrected chi connectivity index (χ1v) is 7.37. The molecule has 1 unspecified atom stereocenters. The summed E-state index contributed by atoms with van der Waals surface area (Å²) in [5, 5.41) is 8.17. The number of aromatic nitrogens is 2. The molecule has 102 valence electrons. The molecular weight excluding hydrogens is 294 g/mol. The van der Waals surface area contributed by atoms with Gasteiger partial charge in [0.2, 0.25) is 0 Å². The maximum Gasteiger partial charge on any atom is 0.0730 e. The topological polar surface area (TPSA) is 39.1 Å². The van der Waals surface area contributed by atoms with E-state index in [1.54, 1.807) is 7.11 Å². The zero-order valence-corrected chi connectivity index (χ0v) is 13.0. The maximum atomic E-state index is 5.17. The molecule has 0 radical (unpaired) electrons. The lowest BCUT2D eigenvalue weighted by atomic mass is 9.82. The van der Waals surface area contributed by atoms with Gasteiger partial charge in [0, 0.05) is 7.11 Å². The summed E-state index contributed by atoms with van der Waals surface area (Å²) < 4.78 is 8.34. The van der Waals surface area contributed by atoms with Crippen LogP contribution in [0.15, 0.2) is 10.7 Å². The van der Waals surface area contributed by atoms with Crippen molar-refractivity contribution in [2.24, 2.45) is 5.92 Å². The number of nitrogens with one attached hydrogen (secondary N) is 1. The van der Waals surface area contributed by atoms with Crippen LogP contribution in [0.1, 0.15) is 32.4 Å². The second-order valence-corrected chi connectivity index (χ2v) is 6.07. The number of nitrogens with zero attached hydrogens (tertiary/aromatic N) is 2. The van der Waals surface area contributed by atoms with Gasteiger partial charge >= 0.3 is 0 Å². The van der Waals surface area contributed by atoms with Crippen molar-refractivity contribution in [2.75, 3.05) is 20.3 Å². The molecule has 0 aromatic carbocycles. The molecule has 1 fully saturated rings. The van der Waals surface area contributed by atoms with E-state index in [1.165, 1.54) is 18.5 Å². The van der Waals surface area contributed by atoms with Crippen LogP contribution in [-0.2, 0) is 16.8 Å². The van der Waals surface area contributed by atoms with E-state index in [2.05, 4.69) is 44.9 Å². The molecule has 1 aliphatic rings. The van der Waals surface area contributed by atoms with Crippen molar-refractivity contribution in [1.82, 2.24) is 15.1 Å². The fourth-order valence-corrected chi connectivity index (χ4v) is 3.54. The number of rotatable bonds is 5. The van der Waals surface area contributed by atoms with Crippen molar-refractivity contribution in [3.63, 3.8) is 0 Å². The Morgan fingerprint density at radius 2 is 2.39 bits per heavy atom. The minimum absolute atomic E-state index is 0.0447. The molecule has 0 aliphatic carbocycles. The molecule has 1 N–H and O–H groups in total. The number of hydrogen-bond donors (Lipinski definition) is 1. The number of methoxy groups -OCH3 is 1. The van der Waals surface area contributed by atoms with E-state index in [0.29, 0.717) is 12.5 Å². The Morgan fingerprint density at radius 3 is 2.94 bits per heavy atom. The van der Waals surface area contributed by atoms with Gasteiger partial charge in [-0.1, -0.05) is 13.8 Å². The standard InChI is InChI=1S/C13H22BrN3O/c1-10(2)13(5-4-6-15-13)12-11(14)9-16-17(12)7-8-18-3/h9-10,15H,4-8H2,1-3H3. The Balaban J connectivity index is 2.38. The van der Waals surface area contributed by atoms with Crippen molar-refractivity contribution >= 4 is 15.9 Å². The Labute approximate surface area is 117 Å².